The third-order valence-electron chi connectivity index (χ3n) is 4.80. The van der Waals surface area contributed by atoms with E-state index in [9.17, 15) is 19.1 Å². The number of thioether (sulfide) groups is 1. The summed E-state index contributed by atoms with van der Waals surface area (Å²) in [5.41, 5.74) is 1.39. The van der Waals surface area contributed by atoms with Crippen LogP contribution in [0.5, 0.6) is 0 Å². The Kier molecular flexibility index (Phi) is 5.35. The van der Waals surface area contributed by atoms with Gasteiger partial charge >= 0.3 is 0 Å². The zero-order chi connectivity index (χ0) is 20.4. The number of halogens is 1. The van der Waals surface area contributed by atoms with Crippen molar-refractivity contribution < 1.29 is 19.1 Å². The Balaban J connectivity index is 1.40. The lowest BCUT2D eigenvalue weighted by molar-refractivity contribution is -0.255. The van der Waals surface area contributed by atoms with Crippen LogP contribution in [0.15, 0.2) is 58.4 Å². The van der Waals surface area contributed by atoms with Crippen LogP contribution in [0.4, 0.5) is 10.1 Å². The third kappa shape index (κ3) is 4.17. The van der Waals surface area contributed by atoms with Crippen LogP contribution in [-0.2, 0) is 4.79 Å². The van der Waals surface area contributed by atoms with Gasteiger partial charge in [0, 0.05) is 26.2 Å². The number of aliphatic imine (C=N–C) groups is 1. The molecular formula is C21H17FN3O3S-. The number of aromatic carboxylic acids is 1. The number of hydrogen-bond acceptors (Lipinski definition) is 6. The van der Waals surface area contributed by atoms with Crippen LogP contribution in [0, 0.1) is 5.82 Å². The fraction of sp³-hybridized carbons (Fsp3) is 0.190. The van der Waals surface area contributed by atoms with E-state index in [2.05, 4.69) is 4.99 Å². The van der Waals surface area contributed by atoms with Gasteiger partial charge < -0.3 is 19.7 Å². The molecule has 0 aromatic heterocycles. The highest BCUT2D eigenvalue weighted by atomic mass is 32.2. The highest BCUT2D eigenvalue weighted by molar-refractivity contribution is 8.18. The first-order chi connectivity index (χ1) is 14.0. The van der Waals surface area contributed by atoms with E-state index < -0.39 is 5.97 Å². The van der Waals surface area contributed by atoms with Crippen molar-refractivity contribution in [2.45, 2.75) is 0 Å². The molecule has 2 aliphatic heterocycles. The maximum Gasteiger partial charge on any atom is 0.286 e. The van der Waals surface area contributed by atoms with E-state index in [4.69, 9.17) is 0 Å². The van der Waals surface area contributed by atoms with Crippen molar-refractivity contribution in [1.82, 2.24) is 4.90 Å². The zero-order valence-corrected chi connectivity index (χ0v) is 16.2. The highest BCUT2D eigenvalue weighted by Crippen LogP contribution is 2.31. The molecular weight excluding hydrogens is 393 g/mol. The van der Waals surface area contributed by atoms with Gasteiger partial charge in [0.15, 0.2) is 5.17 Å². The quantitative estimate of drug-likeness (QED) is 0.721. The standard InChI is InChI=1S/C21H18FN3O3S/c22-16-3-1-2-4-17(16)24-9-11-25(12-10-24)21-23-19(26)18(29-21)13-14-5-7-15(8-6-14)20(27)28/h1-8,13H,9-12H2,(H,27,28)/p-1/b18-13-. The second-order valence-electron chi connectivity index (χ2n) is 6.65. The van der Waals surface area contributed by atoms with E-state index in [1.807, 2.05) is 15.9 Å². The maximum absolute atomic E-state index is 14.0. The van der Waals surface area contributed by atoms with Crippen LogP contribution in [0.2, 0.25) is 0 Å². The number of piperazine rings is 1. The van der Waals surface area contributed by atoms with Crippen LogP contribution in [0.1, 0.15) is 15.9 Å². The zero-order valence-electron chi connectivity index (χ0n) is 15.4. The summed E-state index contributed by atoms with van der Waals surface area (Å²) in [7, 11) is 0. The van der Waals surface area contributed by atoms with Gasteiger partial charge in [-0.15, -0.1) is 0 Å². The van der Waals surface area contributed by atoms with Crippen molar-refractivity contribution in [3.8, 4) is 0 Å². The molecule has 8 heteroatoms. The molecule has 0 spiro atoms. The summed E-state index contributed by atoms with van der Waals surface area (Å²) in [5.74, 6) is -1.79. The molecule has 2 aliphatic rings. The van der Waals surface area contributed by atoms with E-state index >= 15 is 0 Å². The molecule has 0 radical (unpaired) electrons. The number of carbonyl (C=O) groups is 2. The summed E-state index contributed by atoms with van der Waals surface area (Å²) in [6, 6.07) is 12.8. The number of carboxylic acids is 1. The van der Waals surface area contributed by atoms with E-state index in [1.165, 1.54) is 30.0 Å². The Morgan fingerprint density at radius 2 is 1.69 bits per heavy atom. The van der Waals surface area contributed by atoms with E-state index in [1.54, 1.807) is 30.3 Å². The minimum absolute atomic E-state index is 0.0854. The van der Waals surface area contributed by atoms with Crippen LogP contribution in [-0.4, -0.2) is 48.1 Å². The van der Waals surface area contributed by atoms with Gasteiger partial charge in [-0.05, 0) is 41.1 Å². The molecule has 4 rings (SSSR count). The second kappa shape index (κ2) is 8.08. The number of benzene rings is 2. The average Bonchev–Trinajstić information content (AvgIpc) is 3.09. The molecule has 2 aromatic carbocycles. The molecule has 148 valence electrons. The van der Waals surface area contributed by atoms with E-state index in [0.29, 0.717) is 47.5 Å². The number of anilines is 1. The van der Waals surface area contributed by atoms with E-state index in [0.717, 1.165) is 0 Å². The third-order valence-corrected chi connectivity index (χ3v) is 5.84. The molecule has 1 amide bonds. The van der Waals surface area contributed by atoms with Gasteiger partial charge in [-0.1, -0.05) is 36.4 Å². The molecule has 0 unspecified atom stereocenters. The van der Waals surface area contributed by atoms with Crippen LogP contribution >= 0.6 is 11.8 Å². The van der Waals surface area contributed by atoms with Crippen LogP contribution in [0.3, 0.4) is 0 Å². The lowest BCUT2D eigenvalue weighted by Gasteiger charge is -2.36. The number of hydrogen-bond donors (Lipinski definition) is 0. The number of rotatable bonds is 3. The van der Waals surface area contributed by atoms with Crippen molar-refractivity contribution in [2.24, 2.45) is 4.99 Å². The van der Waals surface area contributed by atoms with Gasteiger partial charge in [-0.25, -0.2) is 4.39 Å². The number of carboxylic acid groups (broad SMARTS) is 1. The number of amides is 1. The fourth-order valence-electron chi connectivity index (χ4n) is 3.25. The molecule has 0 bridgehead atoms. The fourth-order valence-corrected chi connectivity index (χ4v) is 4.21. The topological polar surface area (TPSA) is 76.0 Å². The normalized spacial score (nSPS) is 18.3. The summed E-state index contributed by atoms with van der Waals surface area (Å²) >= 11 is 1.30. The lowest BCUT2D eigenvalue weighted by atomic mass is 10.1. The van der Waals surface area contributed by atoms with Gasteiger partial charge in [0.25, 0.3) is 5.91 Å². The first kappa shape index (κ1) is 19.2. The predicted octanol–water partition coefficient (Wildman–Crippen LogP) is 1.98. The molecule has 1 saturated heterocycles. The van der Waals surface area contributed by atoms with Crippen molar-refractivity contribution >= 4 is 40.6 Å². The summed E-state index contributed by atoms with van der Waals surface area (Å²) in [6.07, 6.45) is 1.69. The minimum Gasteiger partial charge on any atom is -0.545 e. The SMILES string of the molecule is O=C1N=C(N2CCN(c3ccccc3F)CC2)S/C1=C\c1ccc(C(=O)[O-])cc1. The molecule has 0 saturated carbocycles. The molecule has 0 atom stereocenters. The highest BCUT2D eigenvalue weighted by Gasteiger charge is 2.29. The Hall–Kier alpha value is -3.13. The van der Waals surface area contributed by atoms with Crippen molar-refractivity contribution in [3.05, 3.63) is 70.4 Å². The minimum atomic E-state index is -1.24. The predicted molar refractivity (Wildman–Crippen MR) is 109 cm³/mol. The van der Waals surface area contributed by atoms with E-state index in [-0.39, 0.29) is 17.3 Å². The van der Waals surface area contributed by atoms with Crippen molar-refractivity contribution in [2.75, 3.05) is 31.1 Å². The smallest absolute Gasteiger partial charge is 0.286 e. The summed E-state index contributed by atoms with van der Waals surface area (Å²) in [4.78, 5) is 31.8. The van der Waals surface area contributed by atoms with Gasteiger partial charge in [-0.2, -0.15) is 4.99 Å². The molecule has 0 N–H and O–H groups in total. The van der Waals surface area contributed by atoms with Crippen LogP contribution in [0.25, 0.3) is 6.08 Å². The Labute approximate surface area is 171 Å². The molecule has 29 heavy (non-hydrogen) atoms. The second-order valence-corrected chi connectivity index (χ2v) is 7.65. The molecule has 2 heterocycles. The first-order valence-electron chi connectivity index (χ1n) is 9.10. The Bertz CT molecular complexity index is 1010. The average molecular weight is 410 g/mol. The number of para-hydroxylation sites is 1. The maximum atomic E-state index is 14.0. The van der Waals surface area contributed by atoms with Crippen molar-refractivity contribution in [3.63, 3.8) is 0 Å². The number of carbonyl (C=O) groups excluding carboxylic acids is 2. The Morgan fingerprint density at radius 3 is 2.34 bits per heavy atom. The molecule has 1 fully saturated rings. The summed E-state index contributed by atoms with van der Waals surface area (Å²) in [6.45, 7) is 2.55. The van der Waals surface area contributed by atoms with Crippen LogP contribution < -0.4 is 10.0 Å². The van der Waals surface area contributed by atoms with Gasteiger partial charge in [0.2, 0.25) is 0 Å². The van der Waals surface area contributed by atoms with Gasteiger partial charge in [0.1, 0.15) is 5.82 Å². The van der Waals surface area contributed by atoms with Gasteiger partial charge in [-0.3, -0.25) is 4.79 Å². The van der Waals surface area contributed by atoms with Gasteiger partial charge in [0.05, 0.1) is 16.6 Å². The Morgan fingerprint density at radius 1 is 1.03 bits per heavy atom. The number of nitrogens with zero attached hydrogens (tertiary/aromatic N) is 3. The molecule has 0 aliphatic carbocycles. The number of amidine groups is 1. The summed E-state index contributed by atoms with van der Waals surface area (Å²) in [5, 5.41) is 11.5. The molecule has 2 aromatic rings. The molecule has 6 nitrogen and oxygen atoms in total. The summed E-state index contributed by atoms with van der Waals surface area (Å²) < 4.78 is 14.0. The largest absolute Gasteiger partial charge is 0.545 e. The lowest BCUT2D eigenvalue weighted by Crippen LogP contribution is -2.48. The first-order valence-corrected chi connectivity index (χ1v) is 9.91. The monoisotopic (exact) mass is 410 g/mol. The van der Waals surface area contributed by atoms with Crippen molar-refractivity contribution in [1.29, 1.82) is 0 Å².